The topological polar surface area (TPSA) is 57.2 Å². The summed E-state index contributed by atoms with van der Waals surface area (Å²) < 4.78 is 21.1. The monoisotopic (exact) mass is 268 g/mol. The average Bonchev–Trinajstić information content (AvgIpc) is 2.99. The lowest BCUT2D eigenvalue weighted by molar-refractivity contribution is 0.0893. The van der Waals surface area contributed by atoms with Gasteiger partial charge in [-0.15, -0.1) is 0 Å². The lowest BCUT2D eigenvalue weighted by Gasteiger charge is -2.21. The van der Waals surface area contributed by atoms with Crippen LogP contribution in [0.2, 0.25) is 0 Å². The van der Waals surface area contributed by atoms with Crippen molar-refractivity contribution in [3.05, 3.63) is 17.7 Å². The van der Waals surface area contributed by atoms with Gasteiger partial charge in [0, 0.05) is 24.2 Å². The molecular formula is C14H20O5. The molecule has 19 heavy (non-hydrogen) atoms. The molecule has 2 atom stereocenters. The van der Waals surface area contributed by atoms with Crippen molar-refractivity contribution in [1.29, 1.82) is 0 Å². The molecule has 1 aliphatic heterocycles. The van der Waals surface area contributed by atoms with Crippen molar-refractivity contribution in [2.75, 3.05) is 34.5 Å². The molecule has 5 heteroatoms. The van der Waals surface area contributed by atoms with E-state index >= 15 is 0 Å². The SMILES string of the molecule is COc1cc(OC)c(C(O)C2CCOC2)cc1OC. The molecule has 0 amide bonds. The van der Waals surface area contributed by atoms with Crippen LogP contribution in [0.5, 0.6) is 17.2 Å². The van der Waals surface area contributed by atoms with Crippen LogP contribution in [-0.2, 0) is 4.74 Å². The minimum atomic E-state index is -0.628. The number of rotatable bonds is 5. The Morgan fingerprint density at radius 2 is 1.74 bits per heavy atom. The first kappa shape index (κ1) is 14.0. The van der Waals surface area contributed by atoms with E-state index in [2.05, 4.69) is 0 Å². The third kappa shape index (κ3) is 2.77. The molecule has 1 aliphatic rings. The van der Waals surface area contributed by atoms with E-state index in [1.54, 1.807) is 33.5 Å². The summed E-state index contributed by atoms with van der Waals surface area (Å²) in [6.45, 7) is 1.26. The highest BCUT2D eigenvalue weighted by Crippen LogP contribution is 2.40. The van der Waals surface area contributed by atoms with Gasteiger partial charge >= 0.3 is 0 Å². The van der Waals surface area contributed by atoms with Crippen molar-refractivity contribution in [2.24, 2.45) is 5.92 Å². The zero-order valence-electron chi connectivity index (χ0n) is 11.5. The van der Waals surface area contributed by atoms with Crippen LogP contribution >= 0.6 is 0 Å². The van der Waals surface area contributed by atoms with Crippen LogP contribution in [0.4, 0.5) is 0 Å². The summed E-state index contributed by atoms with van der Waals surface area (Å²) in [7, 11) is 4.71. The average molecular weight is 268 g/mol. The highest BCUT2D eigenvalue weighted by Gasteiger charge is 2.28. The van der Waals surface area contributed by atoms with Crippen molar-refractivity contribution in [3.63, 3.8) is 0 Å². The first-order chi connectivity index (χ1) is 9.21. The fraction of sp³-hybridized carbons (Fsp3) is 0.571. The number of methoxy groups -OCH3 is 3. The van der Waals surface area contributed by atoms with Gasteiger partial charge in [0.05, 0.1) is 34.0 Å². The Morgan fingerprint density at radius 3 is 2.26 bits per heavy atom. The van der Waals surface area contributed by atoms with Crippen molar-refractivity contribution in [2.45, 2.75) is 12.5 Å². The second-order valence-electron chi connectivity index (χ2n) is 4.52. The third-order valence-corrected chi connectivity index (χ3v) is 3.47. The number of aliphatic hydroxyl groups excluding tert-OH is 1. The van der Waals surface area contributed by atoms with Crippen LogP contribution in [0, 0.1) is 5.92 Å². The van der Waals surface area contributed by atoms with Crippen molar-refractivity contribution < 1.29 is 24.1 Å². The fourth-order valence-electron chi connectivity index (χ4n) is 2.34. The molecule has 0 saturated carbocycles. The van der Waals surface area contributed by atoms with Gasteiger partial charge in [-0.25, -0.2) is 0 Å². The van der Waals surface area contributed by atoms with Gasteiger partial charge in [0.1, 0.15) is 5.75 Å². The van der Waals surface area contributed by atoms with E-state index in [1.165, 1.54) is 0 Å². The molecule has 0 aliphatic carbocycles. The molecule has 1 saturated heterocycles. The Morgan fingerprint density at radius 1 is 1.11 bits per heavy atom. The zero-order valence-corrected chi connectivity index (χ0v) is 11.5. The third-order valence-electron chi connectivity index (χ3n) is 3.47. The maximum Gasteiger partial charge on any atom is 0.164 e. The number of hydrogen-bond donors (Lipinski definition) is 1. The first-order valence-electron chi connectivity index (χ1n) is 6.27. The number of hydrogen-bond acceptors (Lipinski definition) is 5. The molecule has 1 aromatic carbocycles. The summed E-state index contributed by atoms with van der Waals surface area (Å²) >= 11 is 0. The largest absolute Gasteiger partial charge is 0.496 e. The van der Waals surface area contributed by atoms with E-state index in [-0.39, 0.29) is 5.92 Å². The summed E-state index contributed by atoms with van der Waals surface area (Å²) in [5, 5.41) is 10.5. The lowest BCUT2D eigenvalue weighted by Crippen LogP contribution is -2.13. The van der Waals surface area contributed by atoms with Gasteiger partial charge in [-0.2, -0.15) is 0 Å². The highest BCUT2D eigenvalue weighted by molar-refractivity contribution is 5.51. The maximum atomic E-state index is 10.5. The first-order valence-corrected chi connectivity index (χ1v) is 6.27. The minimum Gasteiger partial charge on any atom is -0.496 e. The molecule has 1 heterocycles. The second kappa shape index (κ2) is 6.12. The van der Waals surface area contributed by atoms with Crippen molar-refractivity contribution in [1.82, 2.24) is 0 Å². The van der Waals surface area contributed by atoms with Crippen LogP contribution in [-0.4, -0.2) is 39.6 Å². The van der Waals surface area contributed by atoms with Crippen molar-refractivity contribution in [3.8, 4) is 17.2 Å². The van der Waals surface area contributed by atoms with E-state index in [9.17, 15) is 5.11 Å². The molecule has 0 aromatic heterocycles. The summed E-state index contributed by atoms with van der Waals surface area (Å²) in [6.07, 6.45) is 0.218. The molecule has 2 unspecified atom stereocenters. The van der Waals surface area contributed by atoms with Gasteiger partial charge in [-0.05, 0) is 12.5 Å². The normalized spacial score (nSPS) is 20.1. The summed E-state index contributed by atoms with van der Waals surface area (Å²) in [5.41, 5.74) is 0.704. The van der Waals surface area contributed by atoms with Gasteiger partial charge in [0.2, 0.25) is 0 Å². The lowest BCUT2D eigenvalue weighted by atomic mass is 9.94. The summed E-state index contributed by atoms with van der Waals surface area (Å²) in [4.78, 5) is 0. The van der Waals surface area contributed by atoms with E-state index in [4.69, 9.17) is 18.9 Å². The molecule has 0 bridgehead atoms. The standard InChI is InChI=1S/C14H20O5/c1-16-11-7-13(18-3)12(17-2)6-10(11)14(15)9-4-5-19-8-9/h6-7,9,14-15H,4-5,8H2,1-3H3. The molecule has 1 N–H and O–H groups in total. The zero-order chi connectivity index (χ0) is 13.8. The Kier molecular flexibility index (Phi) is 4.50. The van der Waals surface area contributed by atoms with Gasteiger partial charge in [-0.1, -0.05) is 0 Å². The number of aliphatic hydroxyl groups is 1. The van der Waals surface area contributed by atoms with E-state index < -0.39 is 6.10 Å². The van der Waals surface area contributed by atoms with Crippen LogP contribution in [0.1, 0.15) is 18.1 Å². The maximum absolute atomic E-state index is 10.5. The quantitative estimate of drug-likeness (QED) is 0.882. The van der Waals surface area contributed by atoms with Crippen LogP contribution in [0.3, 0.4) is 0 Å². The number of ether oxygens (including phenoxy) is 4. The predicted molar refractivity (Wildman–Crippen MR) is 70.0 cm³/mol. The number of benzene rings is 1. The molecule has 0 radical (unpaired) electrons. The Bertz CT molecular complexity index is 426. The molecule has 0 spiro atoms. The fourth-order valence-corrected chi connectivity index (χ4v) is 2.34. The van der Waals surface area contributed by atoms with E-state index in [0.717, 1.165) is 6.42 Å². The van der Waals surface area contributed by atoms with E-state index in [1.807, 2.05) is 0 Å². The smallest absolute Gasteiger partial charge is 0.164 e. The van der Waals surface area contributed by atoms with Crippen molar-refractivity contribution >= 4 is 0 Å². The molecule has 1 aromatic rings. The summed E-state index contributed by atoms with van der Waals surface area (Å²) in [5.74, 6) is 1.85. The Balaban J connectivity index is 2.36. The molecule has 106 valence electrons. The van der Waals surface area contributed by atoms with Crippen LogP contribution in [0.15, 0.2) is 12.1 Å². The van der Waals surface area contributed by atoms with Gasteiger partial charge < -0.3 is 24.1 Å². The molecule has 2 rings (SSSR count). The van der Waals surface area contributed by atoms with Crippen LogP contribution in [0.25, 0.3) is 0 Å². The van der Waals surface area contributed by atoms with E-state index in [0.29, 0.717) is 36.0 Å². The molecule has 5 nitrogen and oxygen atoms in total. The Labute approximate surface area is 113 Å². The van der Waals surface area contributed by atoms with Gasteiger partial charge in [0.15, 0.2) is 11.5 Å². The van der Waals surface area contributed by atoms with Gasteiger partial charge in [-0.3, -0.25) is 0 Å². The predicted octanol–water partition coefficient (Wildman–Crippen LogP) is 1.78. The minimum absolute atomic E-state index is 0.0898. The summed E-state index contributed by atoms with van der Waals surface area (Å²) in [6, 6.07) is 3.49. The van der Waals surface area contributed by atoms with Crippen LogP contribution < -0.4 is 14.2 Å². The Hall–Kier alpha value is -1.46. The molecular weight excluding hydrogens is 248 g/mol. The highest BCUT2D eigenvalue weighted by atomic mass is 16.5. The second-order valence-corrected chi connectivity index (χ2v) is 4.52. The van der Waals surface area contributed by atoms with Gasteiger partial charge in [0.25, 0.3) is 0 Å². The molecule has 1 fully saturated rings.